The average Bonchev–Trinajstić information content (AvgIpc) is 3.91. The summed E-state index contributed by atoms with van der Waals surface area (Å²) < 4.78 is 134. The molecule has 0 saturated carbocycles. The van der Waals surface area contributed by atoms with Crippen LogP contribution in [-0.2, 0) is 42.0 Å². The summed E-state index contributed by atoms with van der Waals surface area (Å²) in [7, 11) is -7.72. The molecule has 350 valence electrons. The number of hydrogen-bond acceptors (Lipinski definition) is 8. The normalized spacial score (nSPS) is 16.7. The van der Waals surface area contributed by atoms with Gasteiger partial charge < -0.3 is 20.2 Å². The van der Waals surface area contributed by atoms with Crippen LogP contribution in [0.2, 0.25) is 20.1 Å². The summed E-state index contributed by atoms with van der Waals surface area (Å²) in [5.41, 5.74) is -3.51. The summed E-state index contributed by atoms with van der Waals surface area (Å²) in [5.74, 6) is -2.94. The highest BCUT2D eigenvalue weighted by atomic mass is 35.5. The van der Waals surface area contributed by atoms with E-state index < -0.39 is 93.2 Å². The summed E-state index contributed by atoms with van der Waals surface area (Å²) in [6, 6.07) is 9.82. The van der Waals surface area contributed by atoms with Gasteiger partial charge in [-0.1, -0.05) is 46.4 Å². The van der Waals surface area contributed by atoms with Gasteiger partial charge in [-0.2, -0.15) is 26.3 Å². The first-order valence-electron chi connectivity index (χ1n) is 18.6. The molecule has 0 aliphatic carbocycles. The topological polar surface area (TPSA) is 199 Å². The molecule has 2 unspecified atom stereocenters. The minimum Gasteiger partial charge on any atom is -0.480 e. The standard InChI is InChI=1S/C20H18Cl2F3N3O4S.C19H15Cl2F3N2O5S/c1-26-18(29)17-3-2-8-28(17)19(30)13-6-4-11(21)9-16(13)27-33(31,32)12-5-7-15(22)14(10-12)20(23,24)25;20-10-3-5-12(17(27)26-7-1-2-16(26)18(28)29)15(8-10)25-32(30,31)11-4-6-14(21)13(9-11)19(22,23)24/h4-7,9-10,17,27H,2-3,8H2,1H3,(H,26,29);3-6,8-9,16,25H,1-2,7H2,(H,28,29). The molecule has 4 N–H and O–H groups in total. The molecule has 0 bridgehead atoms. The monoisotopic (exact) mass is 1030 g/mol. The number of sulfonamides is 2. The van der Waals surface area contributed by atoms with Crippen molar-refractivity contribution in [1.29, 1.82) is 0 Å². The van der Waals surface area contributed by atoms with Crippen LogP contribution < -0.4 is 14.8 Å². The molecule has 6 rings (SSSR count). The average molecular weight is 1040 g/mol. The van der Waals surface area contributed by atoms with E-state index in [1.165, 1.54) is 36.2 Å². The van der Waals surface area contributed by atoms with Gasteiger partial charge in [0.1, 0.15) is 12.1 Å². The number of carboxylic acid groups (broad SMARTS) is 1. The number of aliphatic carboxylic acids is 1. The molecule has 0 aromatic heterocycles. The summed E-state index contributed by atoms with van der Waals surface area (Å²) in [6.45, 7) is 0.425. The van der Waals surface area contributed by atoms with Crippen LogP contribution in [0.15, 0.2) is 82.6 Å². The van der Waals surface area contributed by atoms with E-state index in [1.807, 2.05) is 0 Å². The zero-order valence-corrected chi connectivity index (χ0v) is 37.7. The number of halogens is 10. The van der Waals surface area contributed by atoms with Crippen LogP contribution in [0.4, 0.5) is 37.7 Å². The van der Waals surface area contributed by atoms with Crippen LogP contribution in [0, 0.1) is 0 Å². The van der Waals surface area contributed by atoms with E-state index in [0.29, 0.717) is 31.4 Å². The van der Waals surface area contributed by atoms with Gasteiger partial charge in [-0.15, -0.1) is 0 Å². The molecule has 0 spiro atoms. The molecule has 2 fully saturated rings. The second-order valence-corrected chi connectivity index (χ2v) is 19.2. The van der Waals surface area contributed by atoms with E-state index in [0.717, 1.165) is 41.3 Å². The van der Waals surface area contributed by atoms with Crippen LogP contribution in [-0.4, -0.2) is 87.7 Å². The second-order valence-electron chi connectivity index (χ2n) is 14.1. The first-order chi connectivity index (χ1) is 30.2. The van der Waals surface area contributed by atoms with E-state index in [9.17, 15) is 67.5 Å². The molecule has 2 aliphatic rings. The SMILES string of the molecule is CNC(=O)C1CCCN1C(=O)c1ccc(Cl)cc1NS(=O)(=O)c1ccc(Cl)c(C(F)(F)F)c1.O=C(O)C1CCCN1C(=O)c1ccc(Cl)cc1NS(=O)(=O)c1ccc(Cl)c(C(F)(F)F)c1. The predicted molar refractivity (Wildman–Crippen MR) is 227 cm³/mol. The third-order valence-electron chi connectivity index (χ3n) is 9.88. The van der Waals surface area contributed by atoms with Crippen molar-refractivity contribution in [2.24, 2.45) is 0 Å². The van der Waals surface area contributed by atoms with Crippen molar-refractivity contribution < 1.29 is 67.5 Å². The maximum Gasteiger partial charge on any atom is 0.417 e. The molecule has 4 aromatic rings. The lowest BCUT2D eigenvalue weighted by atomic mass is 10.1. The van der Waals surface area contributed by atoms with Gasteiger partial charge in [-0.3, -0.25) is 23.8 Å². The molecule has 0 radical (unpaired) electrons. The summed E-state index contributed by atoms with van der Waals surface area (Å²) >= 11 is 23.0. The molecule has 2 atom stereocenters. The first-order valence-corrected chi connectivity index (χ1v) is 23.1. The highest BCUT2D eigenvalue weighted by Crippen LogP contribution is 2.38. The second kappa shape index (κ2) is 19.8. The number of carbonyl (C=O) groups excluding carboxylic acids is 3. The number of alkyl halides is 6. The van der Waals surface area contributed by atoms with Crippen LogP contribution >= 0.6 is 46.4 Å². The molecule has 2 heterocycles. The van der Waals surface area contributed by atoms with Crippen LogP contribution in [0.3, 0.4) is 0 Å². The summed E-state index contributed by atoms with van der Waals surface area (Å²) in [4.78, 5) is 50.6. The van der Waals surface area contributed by atoms with Gasteiger partial charge in [0.05, 0.1) is 53.5 Å². The van der Waals surface area contributed by atoms with E-state index >= 15 is 0 Å². The molecule has 3 amide bonds. The van der Waals surface area contributed by atoms with Crippen LogP contribution in [0.25, 0.3) is 0 Å². The van der Waals surface area contributed by atoms with Gasteiger partial charge in [0, 0.05) is 30.2 Å². The number of nitrogens with zero attached hydrogens (tertiary/aromatic N) is 2. The Bertz CT molecular complexity index is 2770. The Balaban J connectivity index is 0.000000244. The van der Waals surface area contributed by atoms with E-state index in [-0.39, 0.29) is 58.0 Å². The quantitative estimate of drug-likeness (QED) is 0.112. The molecular formula is C39H33Cl4F6N5O9S2. The van der Waals surface area contributed by atoms with Gasteiger partial charge in [-0.05, 0) is 98.5 Å². The van der Waals surface area contributed by atoms with Crippen molar-refractivity contribution in [2.75, 3.05) is 29.6 Å². The minimum absolute atomic E-state index is 0.0440. The number of anilines is 2. The molecule has 2 saturated heterocycles. The Kier molecular flexibility index (Phi) is 15.6. The highest BCUT2D eigenvalue weighted by Gasteiger charge is 2.39. The smallest absolute Gasteiger partial charge is 0.417 e. The molecule has 14 nitrogen and oxygen atoms in total. The maximum atomic E-state index is 13.2. The van der Waals surface area contributed by atoms with Crippen molar-refractivity contribution in [1.82, 2.24) is 15.1 Å². The Hall–Kier alpha value is -5.00. The molecule has 2 aliphatic heterocycles. The molecule has 65 heavy (non-hydrogen) atoms. The molecule has 4 aromatic carbocycles. The van der Waals surface area contributed by atoms with E-state index in [1.54, 1.807) is 0 Å². The zero-order chi connectivity index (χ0) is 48.4. The highest BCUT2D eigenvalue weighted by molar-refractivity contribution is 7.93. The fourth-order valence-electron chi connectivity index (χ4n) is 6.78. The predicted octanol–water partition coefficient (Wildman–Crippen LogP) is 8.67. The largest absolute Gasteiger partial charge is 0.480 e. The number of amides is 3. The van der Waals surface area contributed by atoms with E-state index in [2.05, 4.69) is 14.8 Å². The Morgan fingerprint density at radius 2 is 1.00 bits per heavy atom. The van der Waals surface area contributed by atoms with Crippen LogP contribution in [0.5, 0.6) is 0 Å². The number of carbonyl (C=O) groups is 4. The lowest BCUT2D eigenvalue weighted by Gasteiger charge is -2.24. The lowest BCUT2D eigenvalue weighted by molar-refractivity contribution is -0.141. The number of nitrogens with one attached hydrogen (secondary N) is 3. The third kappa shape index (κ3) is 11.9. The van der Waals surface area contributed by atoms with Crippen LogP contribution in [0.1, 0.15) is 57.5 Å². The number of likely N-dealkylation sites (tertiary alicyclic amines) is 2. The first kappa shape index (κ1) is 51.0. The molecular weight excluding hydrogens is 1000 g/mol. The number of rotatable bonds is 10. The van der Waals surface area contributed by atoms with Gasteiger partial charge in [0.15, 0.2) is 0 Å². The minimum atomic E-state index is -4.89. The Morgan fingerprint density at radius 1 is 0.615 bits per heavy atom. The Morgan fingerprint density at radius 3 is 1.37 bits per heavy atom. The Labute approximate surface area is 386 Å². The number of likely N-dealkylation sites (N-methyl/N-ethyl adjacent to an activating group) is 1. The van der Waals surface area contributed by atoms with Gasteiger partial charge in [0.25, 0.3) is 31.9 Å². The van der Waals surface area contributed by atoms with Crippen molar-refractivity contribution in [3.8, 4) is 0 Å². The van der Waals surface area contributed by atoms with Gasteiger partial charge >= 0.3 is 18.3 Å². The third-order valence-corrected chi connectivity index (χ3v) is 13.7. The van der Waals surface area contributed by atoms with Crippen molar-refractivity contribution in [3.63, 3.8) is 0 Å². The fourth-order valence-corrected chi connectivity index (χ4v) is 9.77. The number of hydrogen-bond donors (Lipinski definition) is 4. The zero-order valence-electron chi connectivity index (χ0n) is 33.0. The van der Waals surface area contributed by atoms with Gasteiger partial charge in [-0.25, -0.2) is 21.6 Å². The van der Waals surface area contributed by atoms with Gasteiger partial charge in [0.2, 0.25) is 5.91 Å². The number of carboxylic acids is 1. The van der Waals surface area contributed by atoms with Crippen molar-refractivity contribution in [2.45, 2.75) is 59.9 Å². The number of benzene rings is 4. The molecule has 26 heteroatoms. The summed E-state index contributed by atoms with van der Waals surface area (Å²) in [5, 5.41) is 10.6. The van der Waals surface area contributed by atoms with Crippen molar-refractivity contribution in [3.05, 3.63) is 115 Å². The van der Waals surface area contributed by atoms with Crippen molar-refractivity contribution >= 4 is 102 Å². The fraction of sp³-hybridized carbons (Fsp3) is 0.282. The maximum absolute atomic E-state index is 13.2. The lowest BCUT2D eigenvalue weighted by Crippen LogP contribution is -2.45. The summed E-state index contributed by atoms with van der Waals surface area (Å²) in [6.07, 6.45) is -8.07. The van der Waals surface area contributed by atoms with E-state index in [4.69, 9.17) is 46.4 Å².